The number of amides is 1. The predicted octanol–water partition coefficient (Wildman–Crippen LogP) is 5.76. The topological polar surface area (TPSA) is 142 Å². The van der Waals surface area contributed by atoms with E-state index in [0.717, 1.165) is 22.0 Å². The minimum Gasteiger partial charge on any atom is -0.465 e. The van der Waals surface area contributed by atoms with Crippen molar-refractivity contribution in [1.82, 2.24) is 9.97 Å². The molecule has 0 aliphatic rings. The number of carbonyl (C=O) groups excluding carboxylic acids is 3. The maximum absolute atomic E-state index is 13.9. The van der Waals surface area contributed by atoms with Crippen LogP contribution in [0.1, 0.15) is 50.9 Å². The van der Waals surface area contributed by atoms with Crippen LogP contribution in [-0.2, 0) is 16.0 Å². The normalized spacial score (nSPS) is 10.7. The molecule has 2 aromatic heterocycles. The summed E-state index contributed by atoms with van der Waals surface area (Å²) in [4.78, 5) is 48.9. The summed E-state index contributed by atoms with van der Waals surface area (Å²) in [5.74, 6) is -0.928. The number of pyridine rings is 1. The average Bonchev–Trinajstić information content (AvgIpc) is 3.33. The first-order valence-electron chi connectivity index (χ1n) is 13.7. The molecule has 0 aliphatic heterocycles. The Labute approximate surface area is 255 Å². The van der Waals surface area contributed by atoms with E-state index in [1.165, 1.54) is 4.90 Å². The molecule has 0 saturated heterocycles. The van der Waals surface area contributed by atoms with E-state index in [1.54, 1.807) is 61.7 Å². The lowest BCUT2D eigenvalue weighted by molar-refractivity contribution is -0.141. The van der Waals surface area contributed by atoms with Gasteiger partial charge in [-0.3, -0.25) is 29.7 Å². The monoisotopic (exact) mass is 597 g/mol. The summed E-state index contributed by atoms with van der Waals surface area (Å²) in [5.41, 5.74) is 10.5. The van der Waals surface area contributed by atoms with E-state index in [0.29, 0.717) is 46.3 Å². The zero-order chi connectivity index (χ0) is 29.8. The average molecular weight is 598 g/mol. The van der Waals surface area contributed by atoms with E-state index in [1.807, 2.05) is 31.2 Å². The van der Waals surface area contributed by atoms with Crippen molar-refractivity contribution in [3.05, 3.63) is 107 Å². The number of amidine groups is 1. The SMILES string of the molecule is CCOC(=O)CN(C(=O)c1cccc2cccnc12)c1ccc2c(C(=O)CCc3ccc(C(=N)N)cc3)c(C)[nH]c2c1.Cl. The van der Waals surface area contributed by atoms with Crippen molar-refractivity contribution < 1.29 is 19.1 Å². The van der Waals surface area contributed by atoms with E-state index >= 15 is 0 Å². The van der Waals surface area contributed by atoms with E-state index in [4.69, 9.17) is 15.9 Å². The molecule has 0 bridgehead atoms. The molecule has 3 aromatic carbocycles. The molecular weight excluding hydrogens is 566 g/mol. The van der Waals surface area contributed by atoms with Gasteiger partial charge in [0.1, 0.15) is 12.4 Å². The van der Waals surface area contributed by atoms with Crippen LogP contribution in [0.15, 0.2) is 79.0 Å². The van der Waals surface area contributed by atoms with Gasteiger partial charge in [0.2, 0.25) is 0 Å². The lowest BCUT2D eigenvalue weighted by Gasteiger charge is -2.22. The number of carbonyl (C=O) groups is 3. The maximum Gasteiger partial charge on any atom is 0.326 e. The van der Waals surface area contributed by atoms with E-state index < -0.39 is 5.97 Å². The molecule has 1 amide bonds. The van der Waals surface area contributed by atoms with Crippen LogP contribution in [0.5, 0.6) is 0 Å². The molecule has 0 spiro atoms. The number of anilines is 1. The molecule has 10 heteroatoms. The van der Waals surface area contributed by atoms with Crippen LogP contribution < -0.4 is 10.6 Å². The second kappa shape index (κ2) is 13.3. The van der Waals surface area contributed by atoms with Crippen molar-refractivity contribution in [2.45, 2.75) is 26.7 Å². The van der Waals surface area contributed by atoms with Crippen LogP contribution in [0.2, 0.25) is 0 Å². The maximum atomic E-state index is 13.9. The zero-order valence-corrected chi connectivity index (χ0v) is 24.7. The number of esters is 1. The van der Waals surface area contributed by atoms with Gasteiger partial charge in [0.25, 0.3) is 5.91 Å². The molecule has 0 atom stereocenters. The molecular formula is C33H32ClN5O4. The second-order valence-corrected chi connectivity index (χ2v) is 9.97. The van der Waals surface area contributed by atoms with Gasteiger partial charge in [0, 0.05) is 51.4 Å². The third-order valence-corrected chi connectivity index (χ3v) is 7.17. The number of rotatable bonds is 10. The van der Waals surface area contributed by atoms with Crippen LogP contribution in [0, 0.1) is 12.3 Å². The third-order valence-electron chi connectivity index (χ3n) is 7.17. The minimum absolute atomic E-state index is 0. The summed E-state index contributed by atoms with van der Waals surface area (Å²) in [6, 6.07) is 21.6. The Bertz CT molecular complexity index is 1830. The molecule has 0 unspecified atom stereocenters. The number of halogens is 1. The standard InChI is InChI=1S/C33H31N5O4.ClH/c1-3-42-29(40)19-38(33(41)26-8-4-6-22-7-5-17-36-31(22)26)24-14-15-25-27(18-24)37-20(2)30(25)28(39)16-11-21-9-12-23(13-10-21)32(34)35;/h4-10,12-15,17-18,37H,3,11,16,19H2,1-2H3,(H3,34,35);1H. The first-order valence-corrected chi connectivity index (χ1v) is 13.7. The van der Waals surface area contributed by atoms with Crippen LogP contribution in [0.4, 0.5) is 5.69 Å². The first-order chi connectivity index (χ1) is 20.3. The zero-order valence-electron chi connectivity index (χ0n) is 23.8. The summed E-state index contributed by atoms with van der Waals surface area (Å²) < 4.78 is 5.17. The predicted molar refractivity (Wildman–Crippen MR) is 170 cm³/mol. The molecule has 2 heterocycles. The number of ether oxygens (including phenoxy) is 1. The number of para-hydroxylation sites is 1. The van der Waals surface area contributed by atoms with Crippen LogP contribution in [0.3, 0.4) is 0 Å². The van der Waals surface area contributed by atoms with Gasteiger partial charge in [-0.15, -0.1) is 12.4 Å². The lowest BCUT2D eigenvalue weighted by Crippen LogP contribution is -2.36. The highest BCUT2D eigenvalue weighted by Gasteiger charge is 2.25. The first kappa shape index (κ1) is 30.9. The van der Waals surface area contributed by atoms with Crippen LogP contribution >= 0.6 is 12.4 Å². The Balaban J connectivity index is 0.00000423. The van der Waals surface area contributed by atoms with Gasteiger partial charge >= 0.3 is 5.97 Å². The quantitative estimate of drug-likeness (QED) is 0.0809. The number of nitrogens with two attached hydrogens (primary N) is 1. The van der Waals surface area contributed by atoms with Crippen molar-refractivity contribution in [3.8, 4) is 0 Å². The molecule has 5 rings (SSSR count). The number of aromatic amines is 1. The van der Waals surface area contributed by atoms with Crippen molar-refractivity contribution in [2.24, 2.45) is 5.73 Å². The summed E-state index contributed by atoms with van der Waals surface area (Å²) in [5, 5.41) is 9.09. The minimum atomic E-state index is -0.533. The van der Waals surface area contributed by atoms with Gasteiger partial charge in [0.15, 0.2) is 5.78 Å². The van der Waals surface area contributed by atoms with Crippen LogP contribution in [-0.4, -0.2) is 46.6 Å². The number of aryl methyl sites for hydroxylation is 2. The number of benzene rings is 3. The number of hydrogen-bond donors (Lipinski definition) is 3. The van der Waals surface area contributed by atoms with E-state index in [2.05, 4.69) is 9.97 Å². The van der Waals surface area contributed by atoms with E-state index in [9.17, 15) is 14.4 Å². The largest absolute Gasteiger partial charge is 0.465 e. The Morgan fingerprint density at radius 1 is 1.02 bits per heavy atom. The highest BCUT2D eigenvalue weighted by atomic mass is 35.5. The fraction of sp³-hybridized carbons (Fsp3) is 0.182. The number of Topliss-reactive ketones (excluding diaryl/α,β-unsaturated/α-hetero) is 1. The molecule has 5 aromatic rings. The number of ketones is 1. The summed E-state index contributed by atoms with van der Waals surface area (Å²) in [7, 11) is 0. The Kier molecular flexibility index (Phi) is 9.57. The highest BCUT2D eigenvalue weighted by Crippen LogP contribution is 2.30. The number of hydrogen-bond acceptors (Lipinski definition) is 6. The molecule has 0 fully saturated rings. The molecule has 220 valence electrons. The number of nitrogens with zero attached hydrogens (tertiary/aromatic N) is 2. The van der Waals surface area contributed by atoms with Gasteiger partial charge in [-0.05, 0) is 50.1 Å². The number of nitrogen functional groups attached to an aromatic ring is 1. The summed E-state index contributed by atoms with van der Waals surface area (Å²) in [6.07, 6.45) is 2.47. The van der Waals surface area contributed by atoms with Crippen molar-refractivity contribution in [1.29, 1.82) is 5.41 Å². The summed E-state index contributed by atoms with van der Waals surface area (Å²) in [6.45, 7) is 3.47. The van der Waals surface area contributed by atoms with Crippen molar-refractivity contribution in [3.63, 3.8) is 0 Å². The Morgan fingerprint density at radius 3 is 2.49 bits per heavy atom. The van der Waals surface area contributed by atoms with Gasteiger partial charge in [-0.25, -0.2) is 0 Å². The number of aromatic nitrogens is 2. The number of nitrogens with one attached hydrogen (secondary N) is 2. The lowest BCUT2D eigenvalue weighted by atomic mass is 9.99. The molecule has 4 N–H and O–H groups in total. The van der Waals surface area contributed by atoms with Gasteiger partial charge in [-0.2, -0.15) is 0 Å². The van der Waals surface area contributed by atoms with Crippen molar-refractivity contribution in [2.75, 3.05) is 18.1 Å². The molecule has 43 heavy (non-hydrogen) atoms. The smallest absolute Gasteiger partial charge is 0.326 e. The highest BCUT2D eigenvalue weighted by molar-refractivity contribution is 6.15. The van der Waals surface area contributed by atoms with Crippen molar-refractivity contribution >= 4 is 63.4 Å². The van der Waals surface area contributed by atoms with E-state index in [-0.39, 0.29) is 43.1 Å². The molecule has 9 nitrogen and oxygen atoms in total. The Hall–Kier alpha value is -5.02. The second-order valence-electron chi connectivity index (χ2n) is 9.97. The number of H-pyrrole nitrogens is 1. The van der Waals surface area contributed by atoms with Crippen LogP contribution in [0.25, 0.3) is 21.8 Å². The fourth-order valence-electron chi connectivity index (χ4n) is 5.12. The van der Waals surface area contributed by atoms with Gasteiger partial charge in [0.05, 0.1) is 17.7 Å². The van der Waals surface area contributed by atoms with Gasteiger partial charge in [-0.1, -0.05) is 48.5 Å². The molecule has 0 aliphatic carbocycles. The third kappa shape index (κ3) is 6.57. The Morgan fingerprint density at radius 2 is 1.77 bits per heavy atom. The molecule has 0 saturated carbocycles. The fourth-order valence-corrected chi connectivity index (χ4v) is 5.12. The molecule has 0 radical (unpaired) electrons. The number of fused-ring (bicyclic) bond motifs is 2. The summed E-state index contributed by atoms with van der Waals surface area (Å²) >= 11 is 0. The van der Waals surface area contributed by atoms with Gasteiger partial charge < -0.3 is 15.5 Å².